The summed E-state index contributed by atoms with van der Waals surface area (Å²) in [5, 5.41) is 12.1. The van der Waals surface area contributed by atoms with E-state index in [0.717, 1.165) is 17.8 Å². The lowest BCUT2D eigenvalue weighted by molar-refractivity contribution is 1.15. The average Bonchev–Trinajstić information content (AvgIpc) is 2.42. The molecular weight excluding hydrogens is 244 g/mol. The molecule has 2 rings (SSSR count). The number of hydrogen-bond donors (Lipinski definition) is 1. The van der Waals surface area contributed by atoms with Crippen LogP contribution in [-0.4, -0.2) is 5.88 Å². The summed E-state index contributed by atoms with van der Waals surface area (Å²) in [7, 11) is 0. The molecule has 0 amide bonds. The Morgan fingerprint density at radius 2 is 1.83 bits per heavy atom. The van der Waals surface area contributed by atoms with Crippen molar-refractivity contribution in [1.82, 2.24) is 0 Å². The molecular formula is C15H13ClN2. The summed E-state index contributed by atoms with van der Waals surface area (Å²) in [6, 6.07) is 17.7. The standard InChI is InChI=1S/C15H13ClN2/c16-9-8-12-4-6-14(7-5-12)18-15-3-1-2-13(10-15)11-17/h1-7,10,18H,8-9H2. The second-order valence-electron chi connectivity index (χ2n) is 3.95. The maximum atomic E-state index is 8.83. The maximum Gasteiger partial charge on any atom is 0.0992 e. The molecule has 0 atom stereocenters. The van der Waals surface area contributed by atoms with E-state index in [1.165, 1.54) is 5.56 Å². The van der Waals surface area contributed by atoms with Crippen LogP contribution in [0.5, 0.6) is 0 Å². The predicted molar refractivity (Wildman–Crippen MR) is 75.3 cm³/mol. The number of nitrogens with zero attached hydrogens (tertiary/aromatic N) is 1. The van der Waals surface area contributed by atoms with Gasteiger partial charge in [-0.3, -0.25) is 0 Å². The van der Waals surface area contributed by atoms with Crippen LogP contribution in [0.15, 0.2) is 48.5 Å². The molecule has 0 bridgehead atoms. The van der Waals surface area contributed by atoms with Gasteiger partial charge in [0.25, 0.3) is 0 Å². The summed E-state index contributed by atoms with van der Waals surface area (Å²) in [6.45, 7) is 0. The third-order valence-corrected chi connectivity index (χ3v) is 2.81. The molecule has 0 saturated carbocycles. The molecule has 0 aliphatic carbocycles. The zero-order valence-electron chi connectivity index (χ0n) is 9.86. The van der Waals surface area contributed by atoms with Gasteiger partial charge in [-0.1, -0.05) is 18.2 Å². The summed E-state index contributed by atoms with van der Waals surface area (Å²) >= 11 is 5.69. The number of hydrogen-bond acceptors (Lipinski definition) is 2. The van der Waals surface area contributed by atoms with Crippen LogP contribution in [0.2, 0.25) is 0 Å². The minimum atomic E-state index is 0.636. The minimum absolute atomic E-state index is 0.636. The fourth-order valence-corrected chi connectivity index (χ4v) is 1.92. The van der Waals surface area contributed by atoms with Gasteiger partial charge < -0.3 is 5.32 Å². The van der Waals surface area contributed by atoms with Gasteiger partial charge in [0.2, 0.25) is 0 Å². The van der Waals surface area contributed by atoms with Crippen LogP contribution in [0, 0.1) is 11.3 Å². The molecule has 3 heteroatoms. The molecule has 2 aromatic rings. The zero-order chi connectivity index (χ0) is 12.8. The maximum absolute atomic E-state index is 8.83. The molecule has 2 aromatic carbocycles. The van der Waals surface area contributed by atoms with Crippen LogP contribution in [0.25, 0.3) is 0 Å². The van der Waals surface area contributed by atoms with Gasteiger partial charge in [-0.25, -0.2) is 0 Å². The van der Waals surface area contributed by atoms with E-state index in [-0.39, 0.29) is 0 Å². The number of halogens is 1. The van der Waals surface area contributed by atoms with Crippen LogP contribution in [0.3, 0.4) is 0 Å². The van der Waals surface area contributed by atoms with E-state index in [1.54, 1.807) is 6.07 Å². The lowest BCUT2D eigenvalue weighted by atomic mass is 10.1. The normalized spacial score (nSPS) is 9.78. The zero-order valence-corrected chi connectivity index (χ0v) is 10.6. The molecule has 0 aliphatic heterocycles. The molecule has 0 unspecified atom stereocenters. The van der Waals surface area contributed by atoms with E-state index >= 15 is 0 Å². The van der Waals surface area contributed by atoms with E-state index in [4.69, 9.17) is 16.9 Å². The highest BCUT2D eigenvalue weighted by Gasteiger charge is 1.97. The number of alkyl halides is 1. The van der Waals surface area contributed by atoms with E-state index in [9.17, 15) is 0 Å². The Balaban J connectivity index is 2.11. The average molecular weight is 257 g/mol. The van der Waals surface area contributed by atoms with Gasteiger partial charge in [-0.2, -0.15) is 5.26 Å². The molecule has 0 aromatic heterocycles. The molecule has 0 fully saturated rings. The van der Waals surface area contributed by atoms with E-state index < -0.39 is 0 Å². The first kappa shape index (κ1) is 12.5. The van der Waals surface area contributed by atoms with Crippen LogP contribution in [-0.2, 0) is 6.42 Å². The Hall–Kier alpha value is -1.98. The highest BCUT2D eigenvalue weighted by molar-refractivity contribution is 6.17. The lowest BCUT2D eigenvalue weighted by Crippen LogP contribution is -1.92. The molecule has 2 nitrogen and oxygen atoms in total. The predicted octanol–water partition coefficient (Wildman–Crippen LogP) is 4.08. The number of benzene rings is 2. The van der Waals surface area contributed by atoms with Crippen molar-refractivity contribution in [2.24, 2.45) is 0 Å². The quantitative estimate of drug-likeness (QED) is 0.837. The van der Waals surface area contributed by atoms with Crippen molar-refractivity contribution in [1.29, 1.82) is 5.26 Å². The number of aryl methyl sites for hydroxylation is 1. The fourth-order valence-electron chi connectivity index (χ4n) is 1.70. The van der Waals surface area contributed by atoms with Gasteiger partial charge in [-0.15, -0.1) is 11.6 Å². The summed E-state index contributed by atoms with van der Waals surface area (Å²) in [5.41, 5.74) is 3.79. The van der Waals surface area contributed by atoms with Crippen molar-refractivity contribution in [2.75, 3.05) is 11.2 Å². The number of anilines is 2. The Morgan fingerprint density at radius 3 is 2.50 bits per heavy atom. The van der Waals surface area contributed by atoms with Gasteiger partial charge in [0.1, 0.15) is 0 Å². The molecule has 1 N–H and O–H groups in total. The third-order valence-electron chi connectivity index (χ3n) is 2.62. The second-order valence-corrected chi connectivity index (χ2v) is 4.33. The second kappa shape index (κ2) is 6.09. The van der Waals surface area contributed by atoms with Gasteiger partial charge >= 0.3 is 0 Å². The van der Waals surface area contributed by atoms with Crippen molar-refractivity contribution < 1.29 is 0 Å². The van der Waals surface area contributed by atoms with Gasteiger partial charge in [0.15, 0.2) is 0 Å². The first-order valence-corrected chi connectivity index (χ1v) is 6.27. The van der Waals surface area contributed by atoms with Crippen molar-refractivity contribution in [2.45, 2.75) is 6.42 Å². The Labute approximate surface area is 112 Å². The molecule has 0 heterocycles. The summed E-state index contributed by atoms with van der Waals surface area (Å²) in [4.78, 5) is 0. The summed E-state index contributed by atoms with van der Waals surface area (Å²) in [6.07, 6.45) is 0.881. The molecule has 0 saturated heterocycles. The first-order valence-electron chi connectivity index (χ1n) is 5.74. The number of nitriles is 1. The summed E-state index contributed by atoms with van der Waals surface area (Å²) in [5.74, 6) is 0.636. The minimum Gasteiger partial charge on any atom is -0.355 e. The molecule has 18 heavy (non-hydrogen) atoms. The molecule has 0 aliphatic rings. The molecule has 0 radical (unpaired) electrons. The Kier molecular flexibility index (Phi) is 4.22. The highest BCUT2D eigenvalue weighted by Crippen LogP contribution is 2.18. The van der Waals surface area contributed by atoms with Crippen molar-refractivity contribution in [3.8, 4) is 6.07 Å². The van der Waals surface area contributed by atoms with Crippen molar-refractivity contribution in [3.05, 3.63) is 59.7 Å². The van der Waals surface area contributed by atoms with Crippen LogP contribution >= 0.6 is 11.6 Å². The third kappa shape index (κ3) is 3.26. The molecule has 0 spiro atoms. The van der Waals surface area contributed by atoms with Gasteiger partial charge in [0.05, 0.1) is 11.6 Å². The highest BCUT2D eigenvalue weighted by atomic mass is 35.5. The topological polar surface area (TPSA) is 35.8 Å². The van der Waals surface area contributed by atoms with Crippen molar-refractivity contribution in [3.63, 3.8) is 0 Å². The van der Waals surface area contributed by atoms with Crippen LogP contribution < -0.4 is 5.32 Å². The largest absolute Gasteiger partial charge is 0.355 e. The molecule has 90 valence electrons. The number of rotatable bonds is 4. The fraction of sp³-hybridized carbons (Fsp3) is 0.133. The summed E-state index contributed by atoms with van der Waals surface area (Å²) < 4.78 is 0. The van der Waals surface area contributed by atoms with E-state index in [1.807, 2.05) is 30.3 Å². The van der Waals surface area contributed by atoms with Gasteiger partial charge in [0, 0.05) is 17.3 Å². The van der Waals surface area contributed by atoms with Crippen LogP contribution in [0.1, 0.15) is 11.1 Å². The van der Waals surface area contributed by atoms with E-state index in [0.29, 0.717) is 11.4 Å². The van der Waals surface area contributed by atoms with E-state index in [2.05, 4.69) is 23.5 Å². The first-order chi connectivity index (χ1) is 8.81. The SMILES string of the molecule is N#Cc1cccc(Nc2ccc(CCCl)cc2)c1. The smallest absolute Gasteiger partial charge is 0.0992 e. The van der Waals surface area contributed by atoms with Crippen LogP contribution in [0.4, 0.5) is 11.4 Å². The van der Waals surface area contributed by atoms with Gasteiger partial charge in [-0.05, 0) is 42.3 Å². The monoisotopic (exact) mass is 256 g/mol. The Bertz CT molecular complexity index is 555. The Morgan fingerprint density at radius 1 is 1.06 bits per heavy atom. The van der Waals surface area contributed by atoms with Crippen molar-refractivity contribution >= 4 is 23.0 Å². The lowest BCUT2D eigenvalue weighted by Gasteiger charge is -2.07. The number of nitrogens with one attached hydrogen (secondary N) is 1.